The standard InChI is InChI=1S/C18H22FN3O5/c1-24-8-9-25-11-16-20-18(21-27-16)13-6-7-22(10-13)17(23)12-26-15-4-2-14(19)3-5-15/h2-5,13H,6-12H2,1H3. The second-order valence-electron chi connectivity index (χ2n) is 6.16. The minimum atomic E-state index is -0.348. The van der Waals surface area contributed by atoms with E-state index < -0.39 is 0 Å². The third-order valence-corrected chi connectivity index (χ3v) is 4.22. The highest BCUT2D eigenvalue weighted by Crippen LogP contribution is 2.25. The normalized spacial score (nSPS) is 16.7. The van der Waals surface area contributed by atoms with Crippen molar-refractivity contribution in [2.75, 3.05) is 40.0 Å². The zero-order chi connectivity index (χ0) is 19.1. The number of carbonyl (C=O) groups excluding carboxylic acids is 1. The van der Waals surface area contributed by atoms with Crippen molar-refractivity contribution < 1.29 is 27.9 Å². The van der Waals surface area contributed by atoms with E-state index in [4.69, 9.17) is 18.7 Å². The minimum Gasteiger partial charge on any atom is -0.484 e. The van der Waals surface area contributed by atoms with Crippen LogP contribution in [0.2, 0.25) is 0 Å². The minimum absolute atomic E-state index is 0.0243. The number of nitrogens with zero attached hydrogens (tertiary/aromatic N) is 3. The average Bonchev–Trinajstić information content (AvgIpc) is 3.34. The van der Waals surface area contributed by atoms with Crippen molar-refractivity contribution in [1.29, 1.82) is 0 Å². The number of rotatable bonds is 9. The maximum atomic E-state index is 12.9. The Morgan fingerprint density at radius 3 is 2.93 bits per heavy atom. The van der Waals surface area contributed by atoms with Crippen LogP contribution in [0.4, 0.5) is 4.39 Å². The maximum Gasteiger partial charge on any atom is 0.260 e. The Morgan fingerprint density at radius 1 is 1.33 bits per heavy atom. The Morgan fingerprint density at radius 2 is 2.15 bits per heavy atom. The number of methoxy groups -OCH3 is 1. The summed E-state index contributed by atoms with van der Waals surface area (Å²) in [6.07, 6.45) is 0.756. The van der Waals surface area contributed by atoms with Crippen molar-refractivity contribution in [1.82, 2.24) is 15.0 Å². The van der Waals surface area contributed by atoms with Gasteiger partial charge in [0.15, 0.2) is 12.4 Å². The predicted octanol–water partition coefficient (Wildman–Crippen LogP) is 1.77. The molecule has 2 aromatic rings. The van der Waals surface area contributed by atoms with E-state index in [9.17, 15) is 9.18 Å². The van der Waals surface area contributed by atoms with Crippen LogP contribution in [-0.2, 0) is 20.9 Å². The van der Waals surface area contributed by atoms with Crippen molar-refractivity contribution in [3.8, 4) is 5.75 Å². The summed E-state index contributed by atoms with van der Waals surface area (Å²) in [4.78, 5) is 18.3. The first-order valence-electron chi connectivity index (χ1n) is 8.71. The first-order chi connectivity index (χ1) is 13.2. The van der Waals surface area contributed by atoms with Gasteiger partial charge in [-0.05, 0) is 30.7 Å². The molecule has 0 spiro atoms. The fraction of sp³-hybridized carbons (Fsp3) is 0.500. The number of ether oxygens (including phenoxy) is 3. The summed E-state index contributed by atoms with van der Waals surface area (Å²) >= 11 is 0. The summed E-state index contributed by atoms with van der Waals surface area (Å²) in [7, 11) is 1.60. The van der Waals surface area contributed by atoms with Crippen molar-refractivity contribution in [3.63, 3.8) is 0 Å². The molecule has 1 amide bonds. The van der Waals surface area contributed by atoms with Crippen LogP contribution >= 0.6 is 0 Å². The van der Waals surface area contributed by atoms with Gasteiger partial charge in [-0.25, -0.2) is 4.39 Å². The molecule has 0 saturated carbocycles. The van der Waals surface area contributed by atoms with E-state index in [-0.39, 0.29) is 30.9 Å². The highest BCUT2D eigenvalue weighted by molar-refractivity contribution is 5.78. The second-order valence-corrected chi connectivity index (χ2v) is 6.16. The molecule has 1 aliphatic rings. The van der Waals surface area contributed by atoms with Crippen LogP contribution in [0.1, 0.15) is 24.1 Å². The van der Waals surface area contributed by atoms with Gasteiger partial charge < -0.3 is 23.6 Å². The SMILES string of the molecule is COCCOCc1nc(C2CCN(C(=O)COc3ccc(F)cc3)C2)no1. The van der Waals surface area contributed by atoms with Gasteiger partial charge in [-0.15, -0.1) is 0 Å². The average molecular weight is 379 g/mol. The van der Waals surface area contributed by atoms with Crippen molar-refractivity contribution in [2.45, 2.75) is 18.9 Å². The molecule has 3 rings (SSSR count). The van der Waals surface area contributed by atoms with Gasteiger partial charge in [0.25, 0.3) is 11.8 Å². The lowest BCUT2D eigenvalue weighted by atomic mass is 10.1. The van der Waals surface area contributed by atoms with Crippen LogP contribution in [0.25, 0.3) is 0 Å². The molecule has 8 nitrogen and oxygen atoms in total. The van der Waals surface area contributed by atoms with Crippen LogP contribution in [0.15, 0.2) is 28.8 Å². The summed E-state index contributed by atoms with van der Waals surface area (Å²) in [6.45, 7) is 2.20. The lowest BCUT2D eigenvalue weighted by molar-refractivity contribution is -0.132. The number of benzene rings is 1. The number of hydrogen-bond acceptors (Lipinski definition) is 7. The van der Waals surface area contributed by atoms with Gasteiger partial charge >= 0.3 is 0 Å². The highest BCUT2D eigenvalue weighted by atomic mass is 19.1. The Hall–Kier alpha value is -2.52. The first-order valence-corrected chi connectivity index (χ1v) is 8.71. The third kappa shape index (κ3) is 5.48. The number of carbonyl (C=O) groups is 1. The molecular formula is C18H22FN3O5. The summed E-state index contributed by atoms with van der Waals surface area (Å²) in [5.41, 5.74) is 0. The zero-order valence-electron chi connectivity index (χ0n) is 15.1. The molecule has 1 saturated heterocycles. The van der Waals surface area contributed by atoms with Crippen LogP contribution in [0, 0.1) is 5.82 Å². The van der Waals surface area contributed by atoms with E-state index in [1.165, 1.54) is 24.3 Å². The molecule has 9 heteroatoms. The van der Waals surface area contributed by atoms with Crippen molar-refractivity contribution in [2.24, 2.45) is 0 Å². The van der Waals surface area contributed by atoms with E-state index in [1.54, 1.807) is 12.0 Å². The Bertz CT molecular complexity index is 737. The zero-order valence-corrected chi connectivity index (χ0v) is 15.1. The smallest absolute Gasteiger partial charge is 0.260 e. The molecule has 27 heavy (non-hydrogen) atoms. The van der Waals surface area contributed by atoms with Gasteiger partial charge in [0.05, 0.1) is 13.2 Å². The van der Waals surface area contributed by atoms with Gasteiger partial charge in [-0.1, -0.05) is 5.16 Å². The van der Waals surface area contributed by atoms with Gasteiger partial charge in [-0.2, -0.15) is 4.98 Å². The molecule has 1 aromatic carbocycles. The van der Waals surface area contributed by atoms with Crippen molar-refractivity contribution in [3.05, 3.63) is 41.8 Å². The number of likely N-dealkylation sites (tertiary alicyclic amines) is 1. The van der Waals surface area contributed by atoms with Gasteiger partial charge in [0.1, 0.15) is 18.2 Å². The van der Waals surface area contributed by atoms with Crippen LogP contribution < -0.4 is 4.74 Å². The molecule has 0 aliphatic carbocycles. The third-order valence-electron chi connectivity index (χ3n) is 4.22. The monoisotopic (exact) mass is 379 g/mol. The van der Waals surface area contributed by atoms with Crippen LogP contribution in [0.3, 0.4) is 0 Å². The van der Waals surface area contributed by atoms with Crippen LogP contribution in [-0.4, -0.2) is 61.0 Å². The fourth-order valence-electron chi connectivity index (χ4n) is 2.76. The molecule has 0 radical (unpaired) electrons. The summed E-state index contributed by atoms with van der Waals surface area (Å²) in [5.74, 6) is 0.988. The Labute approximate surface area is 156 Å². The van der Waals surface area contributed by atoms with E-state index in [2.05, 4.69) is 10.1 Å². The molecular weight excluding hydrogens is 357 g/mol. The molecule has 1 aliphatic heterocycles. The molecule has 1 unspecified atom stereocenters. The highest BCUT2D eigenvalue weighted by Gasteiger charge is 2.30. The molecule has 2 heterocycles. The number of amides is 1. The number of halogens is 1. The van der Waals surface area contributed by atoms with Gasteiger partial charge in [0.2, 0.25) is 0 Å². The lowest BCUT2D eigenvalue weighted by Crippen LogP contribution is -2.32. The van der Waals surface area contributed by atoms with E-state index >= 15 is 0 Å². The quantitative estimate of drug-likeness (QED) is 0.614. The second kappa shape index (κ2) is 9.43. The Balaban J connectivity index is 1.44. The molecule has 146 valence electrons. The largest absolute Gasteiger partial charge is 0.484 e. The number of hydrogen-bond donors (Lipinski definition) is 0. The lowest BCUT2D eigenvalue weighted by Gasteiger charge is -2.16. The maximum absolute atomic E-state index is 12.9. The van der Waals surface area contributed by atoms with E-state index in [0.717, 1.165) is 6.42 Å². The molecule has 1 fully saturated rings. The van der Waals surface area contributed by atoms with Gasteiger partial charge in [0, 0.05) is 26.1 Å². The topological polar surface area (TPSA) is 86.9 Å². The van der Waals surface area contributed by atoms with Crippen LogP contribution in [0.5, 0.6) is 5.75 Å². The Kier molecular flexibility index (Phi) is 6.72. The fourth-order valence-corrected chi connectivity index (χ4v) is 2.76. The van der Waals surface area contributed by atoms with E-state index in [1.807, 2.05) is 0 Å². The molecule has 1 atom stereocenters. The predicted molar refractivity (Wildman–Crippen MR) is 91.7 cm³/mol. The summed E-state index contributed by atoms with van der Waals surface area (Å²) in [5, 5.41) is 3.99. The van der Waals surface area contributed by atoms with E-state index in [0.29, 0.717) is 43.8 Å². The molecule has 1 aromatic heterocycles. The molecule has 0 N–H and O–H groups in total. The molecule has 0 bridgehead atoms. The van der Waals surface area contributed by atoms with Gasteiger partial charge in [-0.3, -0.25) is 4.79 Å². The summed E-state index contributed by atoms with van der Waals surface area (Å²) in [6, 6.07) is 5.56. The van der Waals surface area contributed by atoms with Crippen molar-refractivity contribution >= 4 is 5.91 Å². The number of aromatic nitrogens is 2. The summed E-state index contributed by atoms with van der Waals surface area (Å²) < 4.78 is 33.7. The first kappa shape index (κ1) is 19.2.